The Balaban J connectivity index is 3.47. The average molecular weight is 215 g/mol. The molecular formula is C13H29NO. The second-order valence-corrected chi connectivity index (χ2v) is 4.63. The van der Waals surface area contributed by atoms with Gasteiger partial charge in [0.15, 0.2) is 0 Å². The van der Waals surface area contributed by atoms with Crippen molar-refractivity contribution < 1.29 is 4.74 Å². The van der Waals surface area contributed by atoms with Gasteiger partial charge in [-0.1, -0.05) is 34.1 Å². The van der Waals surface area contributed by atoms with Gasteiger partial charge in [0, 0.05) is 13.2 Å². The largest absolute Gasteiger partial charge is 0.377 e. The lowest BCUT2D eigenvalue weighted by Crippen LogP contribution is -2.29. The van der Waals surface area contributed by atoms with Gasteiger partial charge in [-0.05, 0) is 31.7 Å². The number of nitrogens with one attached hydrogen (secondary N) is 1. The third-order valence-electron chi connectivity index (χ3n) is 2.51. The van der Waals surface area contributed by atoms with E-state index in [9.17, 15) is 0 Å². The van der Waals surface area contributed by atoms with E-state index < -0.39 is 0 Å². The van der Waals surface area contributed by atoms with Crippen molar-refractivity contribution in [2.45, 2.75) is 59.5 Å². The van der Waals surface area contributed by atoms with E-state index in [0.717, 1.165) is 25.6 Å². The lowest BCUT2D eigenvalue weighted by molar-refractivity contribution is 0.0438. The van der Waals surface area contributed by atoms with Crippen molar-refractivity contribution in [1.29, 1.82) is 0 Å². The summed E-state index contributed by atoms with van der Waals surface area (Å²) in [7, 11) is 0. The molecule has 0 aliphatic heterocycles. The van der Waals surface area contributed by atoms with Crippen molar-refractivity contribution in [3.8, 4) is 0 Å². The van der Waals surface area contributed by atoms with Gasteiger partial charge in [0.05, 0.1) is 6.10 Å². The van der Waals surface area contributed by atoms with Crippen molar-refractivity contribution in [3.05, 3.63) is 0 Å². The van der Waals surface area contributed by atoms with Gasteiger partial charge in [0.1, 0.15) is 0 Å². The average Bonchev–Trinajstić information content (AvgIpc) is 2.20. The van der Waals surface area contributed by atoms with Crippen LogP contribution in [0.25, 0.3) is 0 Å². The van der Waals surface area contributed by atoms with Crippen LogP contribution in [-0.4, -0.2) is 25.8 Å². The Morgan fingerprint density at radius 1 is 1.13 bits per heavy atom. The van der Waals surface area contributed by atoms with Crippen LogP contribution in [-0.2, 0) is 4.74 Å². The Morgan fingerprint density at radius 3 is 2.40 bits per heavy atom. The summed E-state index contributed by atoms with van der Waals surface area (Å²) in [5.41, 5.74) is 0. The van der Waals surface area contributed by atoms with E-state index in [1.807, 2.05) is 0 Å². The quantitative estimate of drug-likeness (QED) is 0.565. The van der Waals surface area contributed by atoms with E-state index in [-0.39, 0.29) is 0 Å². The molecule has 0 aromatic rings. The third-order valence-corrected chi connectivity index (χ3v) is 2.51. The molecule has 1 atom stereocenters. The molecule has 0 aliphatic rings. The molecule has 0 aromatic carbocycles. The molecule has 92 valence electrons. The van der Waals surface area contributed by atoms with Crippen molar-refractivity contribution >= 4 is 0 Å². The van der Waals surface area contributed by atoms with Crippen molar-refractivity contribution in [2.24, 2.45) is 5.92 Å². The van der Waals surface area contributed by atoms with E-state index in [0.29, 0.717) is 6.10 Å². The minimum absolute atomic E-state index is 0.419. The summed E-state index contributed by atoms with van der Waals surface area (Å²) in [6.07, 6.45) is 5.28. The highest BCUT2D eigenvalue weighted by Gasteiger charge is 2.06. The first-order valence-corrected chi connectivity index (χ1v) is 6.53. The second-order valence-electron chi connectivity index (χ2n) is 4.63. The summed E-state index contributed by atoms with van der Waals surface area (Å²) in [6, 6.07) is 0. The summed E-state index contributed by atoms with van der Waals surface area (Å²) in [6.45, 7) is 11.9. The van der Waals surface area contributed by atoms with Crippen molar-refractivity contribution in [2.75, 3.05) is 19.7 Å². The first-order chi connectivity index (χ1) is 7.20. The summed E-state index contributed by atoms with van der Waals surface area (Å²) in [5, 5.41) is 3.36. The third kappa shape index (κ3) is 10.2. The van der Waals surface area contributed by atoms with Crippen LogP contribution < -0.4 is 5.32 Å². The molecule has 0 heterocycles. The lowest BCUT2D eigenvalue weighted by Gasteiger charge is -2.17. The van der Waals surface area contributed by atoms with Crippen LogP contribution in [0.1, 0.15) is 53.4 Å². The van der Waals surface area contributed by atoms with E-state index in [4.69, 9.17) is 4.74 Å². The van der Waals surface area contributed by atoms with E-state index in [1.165, 1.54) is 25.7 Å². The molecular weight excluding hydrogens is 186 g/mol. The van der Waals surface area contributed by atoms with E-state index >= 15 is 0 Å². The summed E-state index contributed by atoms with van der Waals surface area (Å²) < 4.78 is 5.87. The first kappa shape index (κ1) is 14.9. The van der Waals surface area contributed by atoms with Gasteiger partial charge in [-0.3, -0.25) is 0 Å². The zero-order valence-corrected chi connectivity index (χ0v) is 11.0. The van der Waals surface area contributed by atoms with Crippen molar-refractivity contribution in [1.82, 2.24) is 5.32 Å². The minimum Gasteiger partial charge on any atom is -0.377 e. The smallest absolute Gasteiger partial charge is 0.0699 e. The monoisotopic (exact) mass is 215 g/mol. The van der Waals surface area contributed by atoms with Gasteiger partial charge >= 0.3 is 0 Å². The molecule has 1 N–H and O–H groups in total. The van der Waals surface area contributed by atoms with Crippen LogP contribution in [0.2, 0.25) is 0 Å². The molecule has 0 aliphatic carbocycles. The molecule has 2 nitrogen and oxygen atoms in total. The number of ether oxygens (including phenoxy) is 1. The Bertz CT molecular complexity index is 126. The standard InChI is InChI=1S/C13H29NO/c1-5-8-13(11-14-6-2)15-10-7-9-12(3)4/h12-14H,5-11H2,1-4H3. The van der Waals surface area contributed by atoms with Crippen LogP contribution in [0.4, 0.5) is 0 Å². The lowest BCUT2D eigenvalue weighted by atomic mass is 10.1. The van der Waals surface area contributed by atoms with Crippen LogP contribution in [0.5, 0.6) is 0 Å². The molecule has 15 heavy (non-hydrogen) atoms. The Hall–Kier alpha value is -0.0800. The Morgan fingerprint density at radius 2 is 1.87 bits per heavy atom. The van der Waals surface area contributed by atoms with Gasteiger partial charge in [-0.25, -0.2) is 0 Å². The van der Waals surface area contributed by atoms with Gasteiger partial charge in [-0.2, -0.15) is 0 Å². The number of hydrogen-bond donors (Lipinski definition) is 1. The number of rotatable bonds is 10. The fourth-order valence-electron chi connectivity index (χ4n) is 1.61. The van der Waals surface area contributed by atoms with Crippen LogP contribution >= 0.6 is 0 Å². The van der Waals surface area contributed by atoms with Gasteiger partial charge in [-0.15, -0.1) is 0 Å². The summed E-state index contributed by atoms with van der Waals surface area (Å²) >= 11 is 0. The molecule has 0 radical (unpaired) electrons. The second kappa shape index (κ2) is 10.4. The maximum Gasteiger partial charge on any atom is 0.0699 e. The molecule has 0 saturated heterocycles. The Labute approximate surface area is 95.8 Å². The van der Waals surface area contributed by atoms with Gasteiger partial charge in [0.2, 0.25) is 0 Å². The van der Waals surface area contributed by atoms with Crippen LogP contribution in [0.15, 0.2) is 0 Å². The van der Waals surface area contributed by atoms with Gasteiger partial charge < -0.3 is 10.1 Å². The van der Waals surface area contributed by atoms with Gasteiger partial charge in [0.25, 0.3) is 0 Å². The predicted molar refractivity (Wildman–Crippen MR) is 67.3 cm³/mol. The SMILES string of the molecule is CCCC(CNCC)OCCCC(C)C. The van der Waals surface area contributed by atoms with Crippen LogP contribution in [0.3, 0.4) is 0 Å². The number of likely N-dealkylation sites (N-methyl/N-ethyl adjacent to an activating group) is 1. The summed E-state index contributed by atoms with van der Waals surface area (Å²) in [5.74, 6) is 0.798. The molecule has 1 unspecified atom stereocenters. The molecule has 0 amide bonds. The zero-order valence-electron chi connectivity index (χ0n) is 11.0. The van der Waals surface area contributed by atoms with Crippen molar-refractivity contribution in [3.63, 3.8) is 0 Å². The maximum absolute atomic E-state index is 5.87. The molecule has 0 aromatic heterocycles. The van der Waals surface area contributed by atoms with Crippen LogP contribution in [0, 0.1) is 5.92 Å². The highest BCUT2D eigenvalue weighted by molar-refractivity contribution is 4.60. The molecule has 0 fully saturated rings. The van der Waals surface area contributed by atoms with E-state index in [1.54, 1.807) is 0 Å². The molecule has 0 rings (SSSR count). The topological polar surface area (TPSA) is 21.3 Å². The maximum atomic E-state index is 5.87. The highest BCUT2D eigenvalue weighted by atomic mass is 16.5. The minimum atomic E-state index is 0.419. The zero-order chi connectivity index (χ0) is 11.5. The van der Waals surface area contributed by atoms with E-state index in [2.05, 4.69) is 33.0 Å². The first-order valence-electron chi connectivity index (χ1n) is 6.53. The fraction of sp³-hybridized carbons (Fsp3) is 1.00. The molecule has 2 heteroatoms. The Kier molecular flexibility index (Phi) is 10.4. The molecule has 0 bridgehead atoms. The number of hydrogen-bond acceptors (Lipinski definition) is 2. The molecule has 0 saturated carbocycles. The summed E-state index contributed by atoms with van der Waals surface area (Å²) in [4.78, 5) is 0. The highest BCUT2D eigenvalue weighted by Crippen LogP contribution is 2.06. The molecule has 0 spiro atoms. The predicted octanol–water partition coefficient (Wildman–Crippen LogP) is 3.22. The fourth-order valence-corrected chi connectivity index (χ4v) is 1.61. The normalized spacial score (nSPS) is 13.4.